The first-order valence-electron chi connectivity index (χ1n) is 14.4. The van der Waals surface area contributed by atoms with E-state index in [4.69, 9.17) is 0 Å². The molecule has 0 aliphatic rings. The molecule has 0 atom stereocenters. The third-order valence-electron chi connectivity index (χ3n) is 9.83. The number of hydrogen-bond acceptors (Lipinski definition) is 16. The Kier molecular flexibility index (Phi) is 6.39. The summed E-state index contributed by atoms with van der Waals surface area (Å²) in [6.45, 7) is 1.85. The lowest BCUT2D eigenvalue weighted by molar-refractivity contribution is 0.413. The van der Waals surface area contributed by atoms with Gasteiger partial charge in [-0.2, -0.15) is 33.7 Å². The van der Waals surface area contributed by atoms with Crippen molar-refractivity contribution in [2.75, 3.05) is 0 Å². The van der Waals surface area contributed by atoms with E-state index in [-0.39, 0.29) is 0 Å². The summed E-state index contributed by atoms with van der Waals surface area (Å²) in [6.07, 6.45) is 0. The van der Waals surface area contributed by atoms with Crippen LogP contribution in [0.15, 0.2) is 29.2 Å². The fourth-order valence-electron chi connectivity index (χ4n) is 8.19. The standard InChI is InChI=1S/C30H16O20S4/c1-3-5-6-4(2)28(52(42,43)44)24(36)16-8(6)10-9-7(5)15(23(35)27(3)51(39,40)41)19(31)17-11(9)13(21(33)29(25(17)37)53(45,46)47)14-12(10)18(20(16)32)26(38)30(22(14)34)54(48,49)50/h33-38H,1-2H3,(H,39,40,41)(H,42,43,44)(H,45,46,47)(H,48,49,50). The van der Waals surface area contributed by atoms with Crippen molar-refractivity contribution in [3.63, 3.8) is 0 Å². The van der Waals surface area contributed by atoms with Crippen LogP contribution in [-0.2, 0) is 40.5 Å². The fraction of sp³-hybridized carbons (Fsp3) is 0.0667. The molecule has 0 aliphatic heterocycles. The minimum absolute atomic E-state index is 0.607. The molecule has 0 spiro atoms. The Bertz CT molecular complexity index is 3280. The van der Waals surface area contributed by atoms with Gasteiger partial charge in [0.05, 0.1) is 21.5 Å². The largest absolute Gasteiger partial charge is 0.506 e. The second kappa shape index (κ2) is 9.73. The highest BCUT2D eigenvalue weighted by molar-refractivity contribution is 7.86. The molecule has 8 aromatic carbocycles. The van der Waals surface area contributed by atoms with Crippen LogP contribution < -0.4 is 10.9 Å². The summed E-state index contributed by atoms with van der Waals surface area (Å²) >= 11 is 0. The van der Waals surface area contributed by atoms with E-state index >= 15 is 0 Å². The number of benzene rings is 8. The summed E-state index contributed by atoms with van der Waals surface area (Å²) in [6, 6.07) is 0. The van der Waals surface area contributed by atoms with Gasteiger partial charge in [-0.1, -0.05) is 0 Å². The van der Waals surface area contributed by atoms with E-state index in [1.54, 1.807) is 0 Å². The van der Waals surface area contributed by atoms with Crippen LogP contribution in [0.25, 0.3) is 75.4 Å². The lowest BCUT2D eigenvalue weighted by atomic mass is 9.78. The van der Waals surface area contributed by atoms with Gasteiger partial charge in [0.2, 0.25) is 10.9 Å². The van der Waals surface area contributed by atoms with Crippen molar-refractivity contribution >= 4 is 116 Å². The highest BCUT2D eigenvalue weighted by Gasteiger charge is 2.41. The van der Waals surface area contributed by atoms with Gasteiger partial charge in [0, 0.05) is 43.1 Å². The molecule has 0 amide bonds. The van der Waals surface area contributed by atoms with Crippen molar-refractivity contribution in [3.8, 4) is 34.5 Å². The van der Waals surface area contributed by atoms with Crippen molar-refractivity contribution < 1.29 is 82.5 Å². The van der Waals surface area contributed by atoms with Crippen LogP contribution >= 0.6 is 0 Å². The van der Waals surface area contributed by atoms with Crippen LogP contribution in [0.4, 0.5) is 0 Å². The molecule has 280 valence electrons. The topological polar surface area (TPSA) is 373 Å². The first-order chi connectivity index (χ1) is 24.6. The lowest BCUT2D eigenvalue weighted by Gasteiger charge is -2.27. The monoisotopic (exact) mass is 824 g/mol. The maximum Gasteiger partial charge on any atom is 0.302 e. The minimum Gasteiger partial charge on any atom is -0.506 e. The molecule has 0 bridgehead atoms. The quantitative estimate of drug-likeness (QED) is 0.0689. The van der Waals surface area contributed by atoms with Crippen LogP contribution in [0.2, 0.25) is 0 Å². The van der Waals surface area contributed by atoms with Crippen molar-refractivity contribution in [1.29, 1.82) is 0 Å². The van der Waals surface area contributed by atoms with Gasteiger partial charge in [0.1, 0.15) is 32.8 Å². The molecule has 0 heterocycles. The molecule has 0 saturated carbocycles. The molecule has 10 N–H and O–H groups in total. The van der Waals surface area contributed by atoms with Gasteiger partial charge in [-0.05, 0) is 35.7 Å². The van der Waals surface area contributed by atoms with Crippen molar-refractivity contribution in [2.24, 2.45) is 0 Å². The van der Waals surface area contributed by atoms with Crippen LogP contribution in [0.3, 0.4) is 0 Å². The number of rotatable bonds is 4. The maximum absolute atomic E-state index is 14.5. The first-order valence-corrected chi connectivity index (χ1v) is 20.1. The molecule has 20 nitrogen and oxygen atoms in total. The third-order valence-corrected chi connectivity index (χ3v) is 13.7. The van der Waals surface area contributed by atoms with Crippen molar-refractivity contribution in [2.45, 2.75) is 33.4 Å². The molecule has 24 heteroatoms. The van der Waals surface area contributed by atoms with Gasteiger partial charge in [0.25, 0.3) is 20.2 Å². The van der Waals surface area contributed by atoms with Gasteiger partial charge < -0.3 is 30.6 Å². The highest BCUT2D eigenvalue weighted by Crippen LogP contribution is 2.60. The average Bonchev–Trinajstić information content (AvgIpc) is 2.97. The summed E-state index contributed by atoms with van der Waals surface area (Å²) in [4.78, 5) is 22.4. The Morgan fingerprint density at radius 3 is 0.722 bits per heavy atom. The van der Waals surface area contributed by atoms with Crippen molar-refractivity contribution in [1.82, 2.24) is 0 Å². The van der Waals surface area contributed by atoms with Crippen LogP contribution in [0.1, 0.15) is 11.1 Å². The van der Waals surface area contributed by atoms with Crippen LogP contribution in [0, 0.1) is 13.8 Å². The van der Waals surface area contributed by atoms with E-state index in [0.717, 1.165) is 13.8 Å². The van der Waals surface area contributed by atoms with E-state index < -0.39 is 192 Å². The molecule has 8 rings (SSSR count). The summed E-state index contributed by atoms with van der Waals surface area (Å²) < 4.78 is 142. The predicted molar refractivity (Wildman–Crippen MR) is 185 cm³/mol. The molecule has 54 heavy (non-hydrogen) atoms. The Labute approximate surface area is 296 Å². The summed E-state index contributed by atoms with van der Waals surface area (Å²) in [5, 5.41) is 55.7. The number of phenolic OH excluding ortho intramolecular Hbond substituents is 6. The second-order valence-electron chi connectivity index (χ2n) is 12.5. The van der Waals surface area contributed by atoms with Gasteiger partial charge in [-0.3, -0.25) is 27.8 Å². The van der Waals surface area contributed by atoms with E-state index in [2.05, 4.69) is 0 Å². The molecule has 0 unspecified atom stereocenters. The zero-order chi connectivity index (χ0) is 40.2. The molecular formula is C30H16O20S4. The normalized spacial score (nSPS) is 13.8. The lowest BCUT2D eigenvalue weighted by Crippen LogP contribution is -2.15. The number of aromatic hydroxyl groups is 6. The molecule has 8 aromatic rings. The zero-order valence-corrected chi connectivity index (χ0v) is 29.5. The Balaban J connectivity index is 2.06. The van der Waals surface area contributed by atoms with Crippen LogP contribution in [0.5, 0.6) is 34.5 Å². The van der Waals surface area contributed by atoms with E-state index in [9.17, 15) is 92.1 Å². The van der Waals surface area contributed by atoms with Crippen molar-refractivity contribution in [3.05, 3.63) is 31.6 Å². The number of aryl methyl sites for hydroxylation is 2. The van der Waals surface area contributed by atoms with Gasteiger partial charge in [0.15, 0.2) is 21.3 Å². The van der Waals surface area contributed by atoms with Gasteiger partial charge in [-0.15, -0.1) is 0 Å². The van der Waals surface area contributed by atoms with E-state index in [1.165, 1.54) is 0 Å². The van der Waals surface area contributed by atoms with E-state index in [0.29, 0.717) is 0 Å². The van der Waals surface area contributed by atoms with Gasteiger partial charge >= 0.3 is 20.2 Å². The predicted octanol–water partition coefficient (Wildman–Crippen LogP) is 2.07. The summed E-state index contributed by atoms with van der Waals surface area (Å²) in [5.41, 5.74) is -4.82. The molecule has 0 saturated heterocycles. The number of phenols is 6. The molecule has 0 fully saturated rings. The molecule has 0 aliphatic carbocycles. The van der Waals surface area contributed by atoms with Crippen LogP contribution in [-0.4, -0.2) is 82.5 Å². The number of hydrogen-bond donors (Lipinski definition) is 10. The second-order valence-corrected chi connectivity index (χ2v) is 17.9. The SMILES string of the molecule is Cc1c(S(=O)(=O)O)c(O)c2c(=O)c3c(O)c(S(=O)(=O)O)c(O)c4c5c(O)c(S(=O)(=O)O)c(O)c6c(=O)c7c(O)c(S(=O)(=O)O)c(C)c8c1c2c(c34)c(c78)c65. The molecular weight excluding hydrogens is 809 g/mol. The third kappa shape index (κ3) is 3.81. The summed E-state index contributed by atoms with van der Waals surface area (Å²) in [7, 11) is -23.0. The fourth-order valence-corrected chi connectivity index (χ4v) is 11.2. The zero-order valence-electron chi connectivity index (χ0n) is 26.2. The highest BCUT2D eigenvalue weighted by atomic mass is 32.2. The number of fused-ring (bicyclic) bond motifs is 2. The maximum atomic E-state index is 14.5. The molecule has 0 radical (unpaired) electrons. The van der Waals surface area contributed by atoms with E-state index in [1.807, 2.05) is 0 Å². The Hall–Kier alpha value is -5.60. The summed E-state index contributed by atoms with van der Waals surface area (Å²) in [5.74, 6) is -10.1. The Morgan fingerprint density at radius 2 is 0.481 bits per heavy atom. The average molecular weight is 825 g/mol. The van der Waals surface area contributed by atoms with Gasteiger partial charge in [-0.25, -0.2) is 0 Å². The Morgan fingerprint density at radius 1 is 0.296 bits per heavy atom. The smallest absolute Gasteiger partial charge is 0.302 e. The first kappa shape index (κ1) is 35.4. The minimum atomic E-state index is -5.88. The molecule has 0 aromatic heterocycles.